The molecule has 2 amide bonds. The summed E-state index contributed by atoms with van der Waals surface area (Å²) < 4.78 is 0. The Balaban J connectivity index is 1.45. The minimum Gasteiger partial charge on any atom is -0.351 e. The lowest BCUT2D eigenvalue weighted by Gasteiger charge is -2.19. The van der Waals surface area contributed by atoms with Gasteiger partial charge in [0.05, 0.1) is 6.04 Å². The summed E-state index contributed by atoms with van der Waals surface area (Å²) in [4.78, 5) is 25.8. The number of hydrogen-bond donors (Lipinski definition) is 1. The molecule has 3 rings (SSSR count). The number of amides is 2. The zero-order valence-electron chi connectivity index (χ0n) is 14.1. The van der Waals surface area contributed by atoms with E-state index in [1.54, 1.807) is 6.92 Å². The van der Waals surface area contributed by atoms with E-state index < -0.39 is 0 Å². The van der Waals surface area contributed by atoms with Crippen molar-refractivity contribution in [3.8, 4) is 0 Å². The Morgan fingerprint density at radius 1 is 1.21 bits per heavy atom. The fraction of sp³-hybridized carbons (Fsp3) is 0.579. The van der Waals surface area contributed by atoms with E-state index in [0.29, 0.717) is 24.8 Å². The van der Waals surface area contributed by atoms with Gasteiger partial charge in [0.1, 0.15) is 0 Å². The van der Waals surface area contributed by atoms with Gasteiger partial charge in [-0.15, -0.1) is 0 Å². The molecule has 0 radical (unpaired) electrons. The predicted octanol–water partition coefficient (Wildman–Crippen LogP) is 3.04. The van der Waals surface area contributed by atoms with Crippen LogP contribution in [0.2, 0.25) is 5.02 Å². The summed E-state index contributed by atoms with van der Waals surface area (Å²) in [7, 11) is 0. The fourth-order valence-electron chi connectivity index (χ4n) is 3.62. The van der Waals surface area contributed by atoms with Crippen LogP contribution in [0, 0.1) is 11.8 Å². The van der Waals surface area contributed by atoms with Gasteiger partial charge in [-0.2, -0.15) is 0 Å². The Kier molecular flexibility index (Phi) is 5.44. The molecule has 0 aromatic heterocycles. The molecule has 5 heteroatoms. The van der Waals surface area contributed by atoms with E-state index in [0.717, 1.165) is 24.4 Å². The molecule has 0 bridgehead atoms. The van der Waals surface area contributed by atoms with Gasteiger partial charge in [-0.25, -0.2) is 0 Å². The third kappa shape index (κ3) is 4.50. The normalized spacial score (nSPS) is 23.3. The molecule has 4 nitrogen and oxygen atoms in total. The Morgan fingerprint density at radius 3 is 2.54 bits per heavy atom. The largest absolute Gasteiger partial charge is 0.351 e. The third-order valence-corrected chi connectivity index (χ3v) is 5.42. The van der Waals surface area contributed by atoms with Crippen molar-refractivity contribution in [2.24, 2.45) is 11.8 Å². The molecule has 1 saturated carbocycles. The average Bonchev–Trinajstić information content (AvgIpc) is 3.30. The summed E-state index contributed by atoms with van der Waals surface area (Å²) in [6.07, 6.45) is 4.70. The monoisotopic (exact) mass is 348 g/mol. The fourth-order valence-corrected chi connectivity index (χ4v) is 3.75. The zero-order chi connectivity index (χ0) is 17.1. The number of carbonyl (C=O) groups excluding carboxylic acids is 2. The van der Waals surface area contributed by atoms with E-state index in [1.165, 1.54) is 18.4 Å². The lowest BCUT2D eigenvalue weighted by molar-refractivity contribution is -0.128. The second-order valence-corrected chi connectivity index (χ2v) is 7.52. The summed E-state index contributed by atoms with van der Waals surface area (Å²) in [6, 6.07) is 7.90. The van der Waals surface area contributed by atoms with Crippen LogP contribution in [0.5, 0.6) is 0 Å². The van der Waals surface area contributed by atoms with E-state index in [4.69, 9.17) is 11.6 Å². The van der Waals surface area contributed by atoms with Crippen LogP contribution < -0.4 is 5.32 Å². The van der Waals surface area contributed by atoms with Crippen molar-refractivity contribution in [3.05, 3.63) is 34.9 Å². The zero-order valence-corrected chi connectivity index (χ0v) is 14.9. The van der Waals surface area contributed by atoms with Gasteiger partial charge in [-0.3, -0.25) is 9.59 Å². The number of halogens is 1. The maximum Gasteiger partial charge on any atom is 0.220 e. The summed E-state index contributed by atoms with van der Waals surface area (Å²) in [5.74, 6) is 1.34. The highest BCUT2D eigenvalue weighted by Crippen LogP contribution is 2.41. The Morgan fingerprint density at radius 2 is 1.92 bits per heavy atom. The topological polar surface area (TPSA) is 49.4 Å². The van der Waals surface area contributed by atoms with E-state index in [-0.39, 0.29) is 17.9 Å². The number of rotatable bonds is 6. The molecule has 1 heterocycles. The molecule has 1 aromatic rings. The lowest BCUT2D eigenvalue weighted by Crippen LogP contribution is -2.41. The van der Waals surface area contributed by atoms with Gasteiger partial charge >= 0.3 is 0 Å². The van der Waals surface area contributed by atoms with Crippen LogP contribution in [0.25, 0.3) is 0 Å². The van der Waals surface area contributed by atoms with Crippen molar-refractivity contribution in [2.45, 2.75) is 45.1 Å². The van der Waals surface area contributed by atoms with Crippen LogP contribution in [0.1, 0.15) is 38.2 Å². The highest BCUT2D eigenvalue weighted by molar-refractivity contribution is 6.30. The summed E-state index contributed by atoms with van der Waals surface area (Å²) in [6.45, 7) is 3.08. The van der Waals surface area contributed by atoms with E-state index in [2.05, 4.69) is 5.32 Å². The van der Waals surface area contributed by atoms with Gasteiger partial charge in [0.15, 0.2) is 0 Å². The van der Waals surface area contributed by atoms with Crippen molar-refractivity contribution in [3.63, 3.8) is 0 Å². The number of nitrogens with one attached hydrogen (secondary N) is 1. The summed E-state index contributed by atoms with van der Waals surface area (Å²) in [5.41, 5.74) is 1.20. The van der Waals surface area contributed by atoms with Gasteiger partial charge in [0.25, 0.3) is 0 Å². The standard InChI is InChI=1S/C19H25ClN2O2/c1-13(23)22-11-17(15-7-8-15)18(12-22)21-19(24)4-2-3-14-5-9-16(20)10-6-14/h5-6,9-10,15,17-18H,2-4,7-8,11-12H2,1H3,(H,21,24)/t17-,18+/m0/s1. The van der Waals surface area contributed by atoms with Gasteiger partial charge in [0, 0.05) is 37.4 Å². The quantitative estimate of drug-likeness (QED) is 0.859. The number of aryl methyl sites for hydroxylation is 1. The predicted molar refractivity (Wildman–Crippen MR) is 94.8 cm³/mol. The molecular weight excluding hydrogens is 324 g/mol. The van der Waals surface area contributed by atoms with Crippen molar-refractivity contribution in [1.82, 2.24) is 10.2 Å². The molecule has 24 heavy (non-hydrogen) atoms. The lowest BCUT2D eigenvalue weighted by atomic mass is 9.98. The van der Waals surface area contributed by atoms with Crippen LogP contribution in [0.3, 0.4) is 0 Å². The minimum absolute atomic E-state index is 0.102. The molecule has 1 N–H and O–H groups in total. The SMILES string of the molecule is CC(=O)N1C[C@@H](NC(=O)CCCc2ccc(Cl)cc2)[C@H](C2CC2)C1. The first-order valence-electron chi connectivity index (χ1n) is 8.82. The van der Waals surface area contributed by atoms with Crippen molar-refractivity contribution >= 4 is 23.4 Å². The highest BCUT2D eigenvalue weighted by Gasteiger charge is 2.43. The molecule has 0 unspecified atom stereocenters. The number of likely N-dealkylation sites (tertiary alicyclic amines) is 1. The Bertz CT molecular complexity index is 598. The molecule has 1 aromatic carbocycles. The van der Waals surface area contributed by atoms with Crippen LogP contribution in [0.15, 0.2) is 24.3 Å². The first kappa shape index (κ1) is 17.3. The van der Waals surface area contributed by atoms with Crippen molar-refractivity contribution in [1.29, 1.82) is 0 Å². The second-order valence-electron chi connectivity index (χ2n) is 7.08. The van der Waals surface area contributed by atoms with Crippen LogP contribution in [-0.4, -0.2) is 35.8 Å². The smallest absolute Gasteiger partial charge is 0.220 e. The molecular formula is C19H25ClN2O2. The van der Waals surface area contributed by atoms with Crippen LogP contribution >= 0.6 is 11.6 Å². The molecule has 0 spiro atoms. The molecule has 1 saturated heterocycles. The van der Waals surface area contributed by atoms with Crippen LogP contribution in [0.4, 0.5) is 0 Å². The van der Waals surface area contributed by atoms with Gasteiger partial charge < -0.3 is 10.2 Å². The van der Waals surface area contributed by atoms with Gasteiger partial charge in [0.2, 0.25) is 11.8 Å². The maximum absolute atomic E-state index is 12.3. The van der Waals surface area contributed by atoms with E-state index in [9.17, 15) is 9.59 Å². The summed E-state index contributed by atoms with van der Waals surface area (Å²) >= 11 is 5.88. The molecule has 1 aliphatic carbocycles. The molecule has 2 fully saturated rings. The Hall–Kier alpha value is -1.55. The molecule has 130 valence electrons. The number of hydrogen-bond acceptors (Lipinski definition) is 2. The van der Waals surface area contributed by atoms with Crippen molar-refractivity contribution in [2.75, 3.05) is 13.1 Å². The highest BCUT2D eigenvalue weighted by atomic mass is 35.5. The molecule has 1 aliphatic heterocycles. The average molecular weight is 349 g/mol. The van der Waals surface area contributed by atoms with Crippen molar-refractivity contribution < 1.29 is 9.59 Å². The van der Waals surface area contributed by atoms with Gasteiger partial charge in [-0.1, -0.05) is 23.7 Å². The number of carbonyl (C=O) groups is 2. The molecule has 2 aliphatic rings. The third-order valence-electron chi connectivity index (χ3n) is 5.17. The van der Waals surface area contributed by atoms with E-state index in [1.807, 2.05) is 29.2 Å². The second kappa shape index (κ2) is 7.56. The molecule has 2 atom stereocenters. The maximum atomic E-state index is 12.3. The van der Waals surface area contributed by atoms with Gasteiger partial charge in [-0.05, 0) is 49.3 Å². The first-order chi connectivity index (χ1) is 11.5. The summed E-state index contributed by atoms with van der Waals surface area (Å²) in [5, 5.41) is 3.91. The van der Waals surface area contributed by atoms with Crippen LogP contribution in [-0.2, 0) is 16.0 Å². The number of benzene rings is 1. The Labute approximate surface area is 148 Å². The minimum atomic E-state index is 0.102. The first-order valence-corrected chi connectivity index (χ1v) is 9.20. The van der Waals surface area contributed by atoms with E-state index >= 15 is 0 Å². The number of nitrogens with zero attached hydrogens (tertiary/aromatic N) is 1.